The molecule has 0 aliphatic carbocycles. The van der Waals surface area contributed by atoms with Crippen LogP contribution in [-0.2, 0) is 39.3 Å². The molecule has 1 aromatic heterocycles. The maximum absolute atomic E-state index is 12.2. The Kier molecular flexibility index (Phi) is 6.54. The van der Waals surface area contributed by atoms with Crippen LogP contribution in [0.3, 0.4) is 0 Å². The van der Waals surface area contributed by atoms with Gasteiger partial charge < -0.3 is 9.47 Å². The van der Waals surface area contributed by atoms with Gasteiger partial charge in [0.25, 0.3) is 5.56 Å². The van der Waals surface area contributed by atoms with E-state index < -0.39 is 23.2 Å². The van der Waals surface area contributed by atoms with Crippen LogP contribution in [0.2, 0.25) is 0 Å². The van der Waals surface area contributed by atoms with Gasteiger partial charge in [-0.05, 0) is 22.4 Å². The summed E-state index contributed by atoms with van der Waals surface area (Å²) >= 11 is 3.13. The highest BCUT2D eigenvalue weighted by Gasteiger charge is 2.16. The van der Waals surface area contributed by atoms with Crippen LogP contribution >= 0.6 is 15.9 Å². The molecule has 0 atom stereocenters. The van der Waals surface area contributed by atoms with Gasteiger partial charge in [-0.25, -0.2) is 4.79 Å². The van der Waals surface area contributed by atoms with Crippen molar-refractivity contribution in [2.45, 2.75) is 33.4 Å². The minimum atomic E-state index is -0.529. The number of hydrogen-bond donors (Lipinski definition) is 0. The van der Waals surface area contributed by atoms with Gasteiger partial charge in [0.2, 0.25) is 0 Å². The summed E-state index contributed by atoms with van der Waals surface area (Å²) in [7, 11) is 1.35. The molecule has 22 heavy (non-hydrogen) atoms. The monoisotopic (exact) mass is 376 g/mol. The molecule has 0 saturated carbocycles. The molecule has 0 N–H and O–H groups in total. The number of carbonyl (C=O) groups is 2. The normalized spacial score (nSPS) is 10.4. The van der Waals surface area contributed by atoms with Crippen LogP contribution in [0.1, 0.15) is 26.0 Å². The molecule has 0 unspecified atom stereocenters. The molecule has 8 nitrogen and oxygen atoms in total. The maximum Gasteiger partial charge on any atom is 0.331 e. The highest BCUT2D eigenvalue weighted by molar-refractivity contribution is 9.10. The van der Waals surface area contributed by atoms with Gasteiger partial charge in [-0.3, -0.25) is 23.5 Å². The van der Waals surface area contributed by atoms with Crippen LogP contribution in [0.15, 0.2) is 14.1 Å². The number of carbonyl (C=O) groups excluding carboxylic acids is 2. The van der Waals surface area contributed by atoms with E-state index in [0.717, 1.165) is 4.57 Å². The summed E-state index contributed by atoms with van der Waals surface area (Å²) in [6, 6.07) is 0. The molecular weight excluding hydrogens is 360 g/mol. The lowest BCUT2D eigenvalue weighted by Crippen LogP contribution is -2.41. The van der Waals surface area contributed by atoms with Gasteiger partial charge in [-0.2, -0.15) is 0 Å². The topological polar surface area (TPSA) is 96.6 Å². The number of nitrogens with zero attached hydrogens (tertiary/aromatic N) is 2. The van der Waals surface area contributed by atoms with Crippen LogP contribution in [-0.4, -0.2) is 27.7 Å². The number of hydrogen-bond acceptors (Lipinski definition) is 6. The highest BCUT2D eigenvalue weighted by atomic mass is 79.9. The second-order valence-electron chi connectivity index (χ2n) is 4.53. The van der Waals surface area contributed by atoms with Crippen LogP contribution in [0.4, 0.5) is 0 Å². The van der Waals surface area contributed by atoms with Crippen LogP contribution in [0.25, 0.3) is 0 Å². The predicted octanol–water partition coefficient (Wildman–Crippen LogP) is 0.326. The quantitative estimate of drug-likeness (QED) is 0.524. The molecule has 0 fully saturated rings. The molecule has 0 radical (unpaired) electrons. The van der Waals surface area contributed by atoms with Crippen molar-refractivity contribution >= 4 is 27.9 Å². The molecule has 0 aliphatic heterocycles. The van der Waals surface area contributed by atoms with Crippen molar-refractivity contribution in [2.75, 3.05) is 6.61 Å². The average Bonchev–Trinajstić information content (AvgIpc) is 2.44. The lowest BCUT2D eigenvalue weighted by atomic mass is 10.3. The first kappa shape index (κ1) is 18.1. The third-order valence-corrected chi connectivity index (χ3v) is 3.63. The molecular formula is C13H17BrN2O6. The summed E-state index contributed by atoms with van der Waals surface area (Å²) in [6.07, 6.45) is 0.386. The van der Waals surface area contributed by atoms with Gasteiger partial charge in [-0.1, -0.05) is 0 Å². The predicted molar refractivity (Wildman–Crippen MR) is 80.4 cm³/mol. The van der Waals surface area contributed by atoms with E-state index in [0.29, 0.717) is 6.42 Å². The lowest BCUT2D eigenvalue weighted by Gasteiger charge is -2.15. The first-order valence-corrected chi connectivity index (χ1v) is 7.30. The molecule has 9 heteroatoms. The van der Waals surface area contributed by atoms with Crippen LogP contribution in [0, 0.1) is 0 Å². The van der Waals surface area contributed by atoms with E-state index in [1.165, 1.54) is 25.5 Å². The third kappa shape index (κ3) is 4.55. The molecule has 0 spiro atoms. The summed E-state index contributed by atoms with van der Waals surface area (Å²) in [5, 5.41) is 0. The standard InChI is InChI=1S/C13H17BrN2O6/c1-8(17)21-6-4-5-16-10(7-22-9(2)18)11(14)12(19)15(3)13(16)20/h4-7H2,1-3H3. The van der Waals surface area contributed by atoms with Gasteiger partial charge in [0, 0.05) is 27.4 Å². The highest BCUT2D eigenvalue weighted by Crippen LogP contribution is 2.12. The fourth-order valence-electron chi connectivity index (χ4n) is 1.75. The Labute approximate surface area is 134 Å². The van der Waals surface area contributed by atoms with E-state index in [4.69, 9.17) is 9.47 Å². The van der Waals surface area contributed by atoms with Crippen molar-refractivity contribution in [3.8, 4) is 0 Å². The fourth-order valence-corrected chi connectivity index (χ4v) is 2.35. The van der Waals surface area contributed by atoms with Crippen molar-refractivity contribution in [1.29, 1.82) is 0 Å². The first-order chi connectivity index (χ1) is 10.3. The number of ether oxygens (including phenoxy) is 2. The zero-order chi connectivity index (χ0) is 16.9. The van der Waals surface area contributed by atoms with Gasteiger partial charge in [0.1, 0.15) is 11.1 Å². The third-order valence-electron chi connectivity index (χ3n) is 2.83. The first-order valence-electron chi connectivity index (χ1n) is 6.50. The average molecular weight is 377 g/mol. The van der Waals surface area contributed by atoms with Crippen molar-refractivity contribution in [3.05, 3.63) is 31.0 Å². The van der Waals surface area contributed by atoms with Crippen LogP contribution < -0.4 is 11.2 Å². The van der Waals surface area contributed by atoms with E-state index in [9.17, 15) is 19.2 Å². The second kappa shape index (κ2) is 7.92. The minimum Gasteiger partial charge on any atom is -0.466 e. The Balaban J connectivity index is 3.10. The molecule has 1 heterocycles. The Morgan fingerprint density at radius 1 is 1.14 bits per heavy atom. The van der Waals surface area contributed by atoms with E-state index in [1.807, 2.05) is 0 Å². The smallest absolute Gasteiger partial charge is 0.331 e. The van der Waals surface area contributed by atoms with Gasteiger partial charge >= 0.3 is 17.6 Å². The van der Waals surface area contributed by atoms with Gasteiger partial charge in [-0.15, -0.1) is 0 Å². The Morgan fingerprint density at radius 3 is 2.27 bits per heavy atom. The number of rotatable bonds is 6. The van der Waals surface area contributed by atoms with Crippen LogP contribution in [0.5, 0.6) is 0 Å². The Hall–Kier alpha value is -1.90. The molecule has 0 bridgehead atoms. The molecule has 0 saturated heterocycles. The molecule has 1 rings (SSSR count). The molecule has 122 valence electrons. The van der Waals surface area contributed by atoms with E-state index in [-0.39, 0.29) is 29.9 Å². The molecule has 0 aliphatic rings. The van der Waals surface area contributed by atoms with Crippen molar-refractivity contribution in [1.82, 2.24) is 9.13 Å². The summed E-state index contributed by atoms with van der Waals surface area (Å²) < 4.78 is 12.1. The van der Waals surface area contributed by atoms with E-state index >= 15 is 0 Å². The lowest BCUT2D eigenvalue weighted by molar-refractivity contribution is -0.143. The summed E-state index contributed by atoms with van der Waals surface area (Å²) in [4.78, 5) is 45.8. The fraction of sp³-hybridized carbons (Fsp3) is 0.538. The molecule has 0 aromatic carbocycles. The zero-order valence-electron chi connectivity index (χ0n) is 12.6. The summed E-state index contributed by atoms with van der Waals surface area (Å²) in [5.74, 6) is -0.930. The van der Waals surface area contributed by atoms with Gasteiger partial charge in [0.05, 0.1) is 12.3 Å². The number of halogens is 1. The molecule has 0 amide bonds. The molecule has 1 aromatic rings. The van der Waals surface area contributed by atoms with Crippen molar-refractivity contribution in [2.24, 2.45) is 7.05 Å². The Morgan fingerprint density at radius 2 is 1.73 bits per heavy atom. The van der Waals surface area contributed by atoms with Crippen molar-refractivity contribution < 1.29 is 19.1 Å². The van der Waals surface area contributed by atoms with Crippen molar-refractivity contribution in [3.63, 3.8) is 0 Å². The minimum absolute atomic E-state index is 0.148. The second-order valence-corrected chi connectivity index (χ2v) is 5.33. The zero-order valence-corrected chi connectivity index (χ0v) is 14.1. The summed E-state index contributed by atoms with van der Waals surface area (Å²) in [5.41, 5.74) is -0.771. The SMILES string of the molecule is CC(=O)OCCCn1c(COC(C)=O)c(Br)c(=O)n(C)c1=O. The van der Waals surface area contributed by atoms with E-state index in [1.54, 1.807) is 0 Å². The largest absolute Gasteiger partial charge is 0.466 e. The number of aromatic nitrogens is 2. The van der Waals surface area contributed by atoms with Gasteiger partial charge in [0.15, 0.2) is 0 Å². The summed E-state index contributed by atoms with van der Waals surface area (Å²) in [6.45, 7) is 2.69. The maximum atomic E-state index is 12.2. The van der Waals surface area contributed by atoms with E-state index in [2.05, 4.69) is 15.9 Å². The number of esters is 2. The Bertz CT molecular complexity index is 691.